The number of hydrogen-bond acceptors (Lipinski definition) is 4. The van der Waals surface area contributed by atoms with E-state index in [0.29, 0.717) is 39.3 Å². The van der Waals surface area contributed by atoms with Crippen LogP contribution >= 0.6 is 0 Å². The summed E-state index contributed by atoms with van der Waals surface area (Å²) < 4.78 is 18.0. The van der Waals surface area contributed by atoms with Crippen molar-refractivity contribution in [1.29, 1.82) is 0 Å². The zero-order valence-corrected chi connectivity index (χ0v) is 11.6. The van der Waals surface area contributed by atoms with Crippen molar-refractivity contribution in [1.82, 2.24) is 15.2 Å². The molecule has 2 rings (SSSR count). The first-order chi connectivity index (χ1) is 9.66. The van der Waals surface area contributed by atoms with Crippen molar-refractivity contribution in [3.05, 3.63) is 29.8 Å². The molecule has 5 nitrogen and oxygen atoms in total. The minimum atomic E-state index is -0.344. The summed E-state index contributed by atoms with van der Waals surface area (Å²) in [5.41, 5.74) is 0.769. The lowest BCUT2D eigenvalue weighted by Crippen LogP contribution is -2.41. The third-order valence-electron chi connectivity index (χ3n) is 3.35. The lowest BCUT2D eigenvalue weighted by molar-refractivity contribution is -0.135. The molecule has 1 aliphatic heterocycles. The number of nitrogens with one attached hydrogen (secondary N) is 1. The van der Waals surface area contributed by atoms with Crippen LogP contribution in [-0.4, -0.2) is 48.6 Å². The number of carbonyl (C=O) groups excluding carboxylic acids is 1. The van der Waals surface area contributed by atoms with Crippen LogP contribution in [0.15, 0.2) is 18.3 Å². The largest absolute Gasteiger partial charge is 0.378 e. The van der Waals surface area contributed by atoms with Crippen molar-refractivity contribution in [2.24, 2.45) is 0 Å². The normalized spacial score (nSPS) is 17.0. The summed E-state index contributed by atoms with van der Waals surface area (Å²) in [6, 6.07) is 3.03. The quantitative estimate of drug-likeness (QED) is 0.879. The van der Waals surface area contributed by atoms with Gasteiger partial charge in [-0.25, -0.2) is 4.39 Å². The van der Waals surface area contributed by atoms with Crippen molar-refractivity contribution < 1.29 is 13.9 Å². The van der Waals surface area contributed by atoms with E-state index in [1.54, 1.807) is 6.07 Å². The van der Waals surface area contributed by atoms with Crippen LogP contribution < -0.4 is 5.32 Å². The molecule has 110 valence electrons. The zero-order chi connectivity index (χ0) is 14.4. The molecule has 0 bridgehead atoms. The van der Waals surface area contributed by atoms with Crippen LogP contribution in [0.25, 0.3) is 0 Å². The van der Waals surface area contributed by atoms with E-state index >= 15 is 0 Å². The lowest BCUT2D eigenvalue weighted by atomic mass is 10.2. The highest BCUT2D eigenvalue weighted by Gasteiger charge is 2.16. The minimum Gasteiger partial charge on any atom is -0.378 e. The number of halogens is 1. The first kappa shape index (κ1) is 14.9. The summed E-state index contributed by atoms with van der Waals surface area (Å²) in [5, 5.41) is 3.22. The van der Waals surface area contributed by atoms with Gasteiger partial charge in [0.2, 0.25) is 5.91 Å². The molecule has 0 saturated carbocycles. The Kier molecular flexibility index (Phi) is 5.43. The van der Waals surface area contributed by atoms with E-state index < -0.39 is 0 Å². The van der Waals surface area contributed by atoms with E-state index in [4.69, 9.17) is 4.74 Å². The number of carbonyl (C=O) groups is 1. The number of amides is 1. The molecular formula is C14H20FN3O2. The number of morpholine rings is 1. The summed E-state index contributed by atoms with van der Waals surface area (Å²) >= 11 is 0. The lowest BCUT2D eigenvalue weighted by Gasteiger charge is -2.27. The van der Waals surface area contributed by atoms with Gasteiger partial charge in [0.1, 0.15) is 5.82 Å². The predicted molar refractivity (Wildman–Crippen MR) is 72.6 cm³/mol. The molecular weight excluding hydrogens is 261 g/mol. The molecule has 0 aromatic carbocycles. The Balaban J connectivity index is 1.72. The van der Waals surface area contributed by atoms with Crippen molar-refractivity contribution in [2.45, 2.75) is 19.4 Å². The molecule has 1 aromatic rings. The first-order valence-corrected chi connectivity index (χ1v) is 6.87. The van der Waals surface area contributed by atoms with Crippen LogP contribution in [0.1, 0.15) is 25.1 Å². The maximum absolute atomic E-state index is 12.8. The molecule has 1 atom stereocenters. The third kappa shape index (κ3) is 4.25. The van der Waals surface area contributed by atoms with Gasteiger partial charge in [0.05, 0.1) is 25.1 Å². The van der Waals surface area contributed by atoms with Crippen molar-refractivity contribution >= 4 is 5.91 Å². The van der Waals surface area contributed by atoms with Crippen LogP contribution in [-0.2, 0) is 9.53 Å². The van der Waals surface area contributed by atoms with Gasteiger partial charge < -0.3 is 15.0 Å². The maximum atomic E-state index is 12.8. The summed E-state index contributed by atoms with van der Waals surface area (Å²) in [6.45, 7) is 5.11. The Morgan fingerprint density at radius 1 is 1.50 bits per heavy atom. The standard InChI is InChI=1S/C14H20FN3O2/c1-11(13-3-2-12(15)10-17-13)16-5-4-14(19)18-6-8-20-9-7-18/h2-3,10-11,16H,4-9H2,1H3. The summed E-state index contributed by atoms with van der Waals surface area (Å²) in [7, 11) is 0. The van der Waals surface area contributed by atoms with Crippen molar-refractivity contribution in [2.75, 3.05) is 32.8 Å². The van der Waals surface area contributed by atoms with E-state index in [9.17, 15) is 9.18 Å². The van der Waals surface area contributed by atoms with Gasteiger partial charge in [-0.3, -0.25) is 9.78 Å². The molecule has 6 heteroatoms. The molecule has 20 heavy (non-hydrogen) atoms. The monoisotopic (exact) mass is 281 g/mol. The highest BCUT2D eigenvalue weighted by molar-refractivity contribution is 5.76. The van der Waals surface area contributed by atoms with E-state index in [0.717, 1.165) is 5.69 Å². The number of aromatic nitrogens is 1. The van der Waals surface area contributed by atoms with Crippen LogP contribution in [0.5, 0.6) is 0 Å². The molecule has 0 spiro atoms. The van der Waals surface area contributed by atoms with Gasteiger partial charge in [-0.1, -0.05) is 0 Å². The van der Waals surface area contributed by atoms with Gasteiger partial charge >= 0.3 is 0 Å². The topological polar surface area (TPSA) is 54.5 Å². The molecule has 1 amide bonds. The first-order valence-electron chi connectivity index (χ1n) is 6.87. The predicted octanol–water partition coefficient (Wildman–Crippen LogP) is 1.12. The molecule has 1 aliphatic rings. The van der Waals surface area contributed by atoms with Crippen LogP contribution in [0.4, 0.5) is 4.39 Å². The number of pyridine rings is 1. The van der Waals surface area contributed by atoms with Crippen molar-refractivity contribution in [3.63, 3.8) is 0 Å². The highest BCUT2D eigenvalue weighted by Crippen LogP contribution is 2.09. The molecule has 0 aliphatic carbocycles. The molecule has 1 saturated heterocycles. The Hall–Kier alpha value is -1.53. The number of hydrogen-bond donors (Lipinski definition) is 1. The fourth-order valence-electron chi connectivity index (χ4n) is 2.11. The summed E-state index contributed by atoms with van der Waals surface area (Å²) in [4.78, 5) is 17.8. The van der Waals surface area contributed by atoms with E-state index in [2.05, 4.69) is 10.3 Å². The van der Waals surface area contributed by atoms with E-state index in [1.165, 1.54) is 12.3 Å². The molecule has 1 aromatic heterocycles. The fourth-order valence-corrected chi connectivity index (χ4v) is 2.11. The number of nitrogens with zero attached hydrogens (tertiary/aromatic N) is 2. The molecule has 1 N–H and O–H groups in total. The highest BCUT2D eigenvalue weighted by atomic mass is 19.1. The second-order valence-corrected chi connectivity index (χ2v) is 4.82. The van der Waals surface area contributed by atoms with Crippen molar-refractivity contribution in [3.8, 4) is 0 Å². The second-order valence-electron chi connectivity index (χ2n) is 4.82. The Bertz CT molecular complexity index is 433. The van der Waals surface area contributed by atoms with Gasteiger partial charge in [-0.2, -0.15) is 0 Å². The van der Waals surface area contributed by atoms with Gasteiger partial charge in [-0.05, 0) is 19.1 Å². The fraction of sp³-hybridized carbons (Fsp3) is 0.571. The molecule has 1 fully saturated rings. The average Bonchev–Trinajstić information content (AvgIpc) is 2.48. The summed E-state index contributed by atoms with van der Waals surface area (Å²) in [5.74, 6) is -0.205. The van der Waals surface area contributed by atoms with Gasteiger partial charge in [-0.15, -0.1) is 0 Å². The van der Waals surface area contributed by atoms with Crippen LogP contribution in [0.3, 0.4) is 0 Å². The minimum absolute atomic E-state index is 0.00640. The Labute approximate surface area is 118 Å². The molecule has 0 radical (unpaired) electrons. The zero-order valence-electron chi connectivity index (χ0n) is 11.6. The maximum Gasteiger partial charge on any atom is 0.224 e. The Morgan fingerprint density at radius 3 is 2.90 bits per heavy atom. The molecule has 1 unspecified atom stereocenters. The number of ether oxygens (including phenoxy) is 1. The summed E-state index contributed by atoms with van der Waals surface area (Å²) in [6.07, 6.45) is 1.65. The van der Waals surface area contributed by atoms with E-state index in [1.807, 2.05) is 11.8 Å². The third-order valence-corrected chi connectivity index (χ3v) is 3.35. The van der Waals surface area contributed by atoms with Gasteiger partial charge in [0.25, 0.3) is 0 Å². The smallest absolute Gasteiger partial charge is 0.224 e. The molecule has 2 heterocycles. The van der Waals surface area contributed by atoms with Gasteiger partial charge in [0, 0.05) is 32.1 Å². The average molecular weight is 281 g/mol. The van der Waals surface area contributed by atoms with Crippen LogP contribution in [0.2, 0.25) is 0 Å². The second kappa shape index (κ2) is 7.31. The van der Waals surface area contributed by atoms with E-state index in [-0.39, 0.29) is 17.8 Å². The van der Waals surface area contributed by atoms with Gasteiger partial charge in [0.15, 0.2) is 0 Å². The van der Waals surface area contributed by atoms with Crippen LogP contribution in [0, 0.1) is 5.82 Å². The number of rotatable bonds is 5. The SMILES string of the molecule is CC(NCCC(=O)N1CCOCC1)c1ccc(F)cn1. The Morgan fingerprint density at radius 2 is 2.25 bits per heavy atom.